The van der Waals surface area contributed by atoms with Crippen LogP contribution in [0.5, 0.6) is 0 Å². The Morgan fingerprint density at radius 3 is 2.29 bits per heavy atom. The maximum atomic E-state index is 11.3. The Labute approximate surface area is 84.1 Å². The summed E-state index contributed by atoms with van der Waals surface area (Å²) in [5.74, 6) is -0.831. The van der Waals surface area contributed by atoms with Gasteiger partial charge in [0, 0.05) is 26.1 Å². The lowest BCUT2D eigenvalue weighted by Gasteiger charge is -2.18. The molecule has 0 saturated carbocycles. The Morgan fingerprint density at radius 1 is 1.29 bits per heavy atom. The van der Waals surface area contributed by atoms with Gasteiger partial charge < -0.3 is 15.3 Å². The highest BCUT2D eigenvalue weighted by molar-refractivity contribution is 5.74. The predicted octanol–water partition coefficient (Wildman–Crippen LogP) is 0.903. The number of carboxylic acid groups (broad SMARTS) is 1. The maximum absolute atomic E-state index is 11.3. The van der Waals surface area contributed by atoms with Crippen LogP contribution >= 0.6 is 0 Å². The van der Waals surface area contributed by atoms with E-state index in [4.69, 9.17) is 5.11 Å². The number of carbonyl (C=O) groups is 2. The van der Waals surface area contributed by atoms with Crippen molar-refractivity contribution in [3.05, 3.63) is 0 Å². The largest absolute Gasteiger partial charge is 0.481 e. The Hall–Kier alpha value is -1.26. The zero-order valence-electron chi connectivity index (χ0n) is 8.75. The fourth-order valence-corrected chi connectivity index (χ4v) is 1.06. The SMILES string of the molecule is CCN(CC)C(=O)NCCCC(=O)O. The zero-order valence-corrected chi connectivity index (χ0v) is 8.75. The van der Waals surface area contributed by atoms with Gasteiger partial charge in [-0.2, -0.15) is 0 Å². The molecule has 2 amide bonds. The zero-order chi connectivity index (χ0) is 11.0. The first kappa shape index (κ1) is 12.7. The van der Waals surface area contributed by atoms with Crippen molar-refractivity contribution in [2.75, 3.05) is 19.6 Å². The van der Waals surface area contributed by atoms with Crippen LogP contribution in [0.3, 0.4) is 0 Å². The van der Waals surface area contributed by atoms with Crippen molar-refractivity contribution >= 4 is 12.0 Å². The summed E-state index contributed by atoms with van der Waals surface area (Å²) >= 11 is 0. The van der Waals surface area contributed by atoms with E-state index in [1.807, 2.05) is 13.8 Å². The molecule has 0 atom stereocenters. The van der Waals surface area contributed by atoms with Crippen LogP contribution in [-0.2, 0) is 4.79 Å². The molecular weight excluding hydrogens is 184 g/mol. The lowest BCUT2D eigenvalue weighted by molar-refractivity contribution is -0.137. The summed E-state index contributed by atoms with van der Waals surface area (Å²) in [5, 5.41) is 11.0. The van der Waals surface area contributed by atoms with Crippen molar-refractivity contribution in [2.45, 2.75) is 26.7 Å². The number of nitrogens with one attached hydrogen (secondary N) is 1. The van der Waals surface area contributed by atoms with E-state index < -0.39 is 5.97 Å². The molecule has 2 N–H and O–H groups in total. The van der Waals surface area contributed by atoms with Crippen molar-refractivity contribution in [3.63, 3.8) is 0 Å². The van der Waals surface area contributed by atoms with Crippen LogP contribution in [0.4, 0.5) is 4.79 Å². The van der Waals surface area contributed by atoms with Gasteiger partial charge in [-0.1, -0.05) is 0 Å². The lowest BCUT2D eigenvalue weighted by Crippen LogP contribution is -2.40. The number of nitrogens with zero attached hydrogens (tertiary/aromatic N) is 1. The summed E-state index contributed by atoms with van der Waals surface area (Å²) in [7, 11) is 0. The lowest BCUT2D eigenvalue weighted by atomic mass is 10.3. The van der Waals surface area contributed by atoms with Gasteiger partial charge in [-0.15, -0.1) is 0 Å². The van der Waals surface area contributed by atoms with Gasteiger partial charge in [0.05, 0.1) is 0 Å². The van der Waals surface area contributed by atoms with Gasteiger partial charge in [0.15, 0.2) is 0 Å². The average molecular weight is 202 g/mol. The second-order valence-corrected chi connectivity index (χ2v) is 2.90. The second-order valence-electron chi connectivity index (χ2n) is 2.90. The smallest absolute Gasteiger partial charge is 0.317 e. The molecule has 14 heavy (non-hydrogen) atoms. The van der Waals surface area contributed by atoms with Crippen molar-refractivity contribution in [3.8, 4) is 0 Å². The number of rotatable bonds is 6. The van der Waals surface area contributed by atoms with Gasteiger partial charge in [-0.3, -0.25) is 4.79 Å². The standard InChI is InChI=1S/C9H18N2O3/c1-3-11(4-2)9(14)10-7-5-6-8(12)13/h3-7H2,1-2H3,(H,10,14)(H,12,13). The highest BCUT2D eigenvalue weighted by Crippen LogP contribution is 1.90. The summed E-state index contributed by atoms with van der Waals surface area (Å²) in [5.41, 5.74) is 0. The van der Waals surface area contributed by atoms with Crippen molar-refractivity contribution in [1.29, 1.82) is 0 Å². The van der Waals surface area contributed by atoms with Crippen LogP contribution < -0.4 is 5.32 Å². The highest BCUT2D eigenvalue weighted by atomic mass is 16.4. The molecule has 0 spiro atoms. The topological polar surface area (TPSA) is 69.6 Å². The van der Waals surface area contributed by atoms with E-state index in [1.165, 1.54) is 0 Å². The maximum Gasteiger partial charge on any atom is 0.317 e. The van der Waals surface area contributed by atoms with Crippen LogP contribution in [-0.4, -0.2) is 41.6 Å². The normalized spacial score (nSPS) is 9.57. The molecule has 0 unspecified atom stereocenters. The molecule has 0 heterocycles. The molecule has 0 aliphatic heterocycles. The van der Waals surface area contributed by atoms with Crippen molar-refractivity contribution in [1.82, 2.24) is 10.2 Å². The molecule has 0 radical (unpaired) electrons. The first-order chi connectivity index (χ1) is 6.61. The quantitative estimate of drug-likeness (QED) is 0.629. The summed E-state index contributed by atoms with van der Waals surface area (Å²) in [6, 6.07) is -0.125. The second kappa shape index (κ2) is 7.17. The monoisotopic (exact) mass is 202 g/mol. The minimum Gasteiger partial charge on any atom is -0.481 e. The summed E-state index contributed by atoms with van der Waals surface area (Å²) in [6.07, 6.45) is 0.570. The Balaban J connectivity index is 3.57. The number of hydrogen-bond acceptors (Lipinski definition) is 2. The van der Waals surface area contributed by atoms with Crippen LogP contribution in [0.1, 0.15) is 26.7 Å². The molecule has 0 aromatic rings. The molecule has 0 aliphatic rings. The minimum absolute atomic E-state index is 0.0958. The highest BCUT2D eigenvalue weighted by Gasteiger charge is 2.07. The van der Waals surface area contributed by atoms with Crippen LogP contribution in [0, 0.1) is 0 Å². The third kappa shape index (κ3) is 5.40. The molecule has 0 fully saturated rings. The molecule has 0 aromatic carbocycles. The molecule has 5 nitrogen and oxygen atoms in total. The number of urea groups is 1. The van der Waals surface area contributed by atoms with Crippen molar-refractivity contribution in [2.24, 2.45) is 0 Å². The Morgan fingerprint density at radius 2 is 1.86 bits per heavy atom. The number of amides is 2. The third-order valence-electron chi connectivity index (χ3n) is 1.89. The molecule has 0 aliphatic carbocycles. The molecule has 0 bridgehead atoms. The molecular formula is C9H18N2O3. The van der Waals surface area contributed by atoms with Crippen molar-refractivity contribution < 1.29 is 14.7 Å². The molecule has 0 rings (SSSR count). The first-order valence-electron chi connectivity index (χ1n) is 4.86. The van der Waals surface area contributed by atoms with E-state index in [2.05, 4.69) is 5.32 Å². The van der Waals surface area contributed by atoms with E-state index in [0.717, 1.165) is 0 Å². The molecule has 0 saturated heterocycles. The van der Waals surface area contributed by atoms with Gasteiger partial charge in [0.1, 0.15) is 0 Å². The molecule has 5 heteroatoms. The third-order valence-corrected chi connectivity index (χ3v) is 1.89. The van der Waals surface area contributed by atoms with E-state index >= 15 is 0 Å². The van der Waals surface area contributed by atoms with E-state index in [1.54, 1.807) is 4.90 Å². The van der Waals surface area contributed by atoms with Gasteiger partial charge >= 0.3 is 12.0 Å². The van der Waals surface area contributed by atoms with E-state index in [0.29, 0.717) is 26.1 Å². The van der Waals surface area contributed by atoms with Gasteiger partial charge in [-0.25, -0.2) is 4.79 Å². The fraction of sp³-hybridized carbons (Fsp3) is 0.778. The number of hydrogen-bond donors (Lipinski definition) is 2. The van der Waals surface area contributed by atoms with E-state index in [9.17, 15) is 9.59 Å². The van der Waals surface area contributed by atoms with Gasteiger partial charge in [0.2, 0.25) is 0 Å². The Kier molecular flexibility index (Phi) is 6.53. The predicted molar refractivity (Wildman–Crippen MR) is 53.2 cm³/mol. The summed E-state index contributed by atoms with van der Waals surface area (Å²) in [6.45, 7) is 5.56. The molecule has 82 valence electrons. The van der Waals surface area contributed by atoms with Crippen LogP contribution in [0.2, 0.25) is 0 Å². The van der Waals surface area contributed by atoms with Crippen LogP contribution in [0.25, 0.3) is 0 Å². The van der Waals surface area contributed by atoms with Crippen LogP contribution in [0.15, 0.2) is 0 Å². The first-order valence-corrected chi connectivity index (χ1v) is 4.86. The van der Waals surface area contributed by atoms with Gasteiger partial charge in [0.25, 0.3) is 0 Å². The number of carboxylic acids is 1. The summed E-state index contributed by atoms with van der Waals surface area (Å²) < 4.78 is 0. The minimum atomic E-state index is -0.831. The summed E-state index contributed by atoms with van der Waals surface area (Å²) in [4.78, 5) is 23.1. The van der Waals surface area contributed by atoms with Gasteiger partial charge in [-0.05, 0) is 20.3 Å². The fourth-order valence-electron chi connectivity index (χ4n) is 1.06. The van der Waals surface area contributed by atoms with E-state index in [-0.39, 0.29) is 12.5 Å². The number of carbonyl (C=O) groups excluding carboxylic acids is 1. The molecule has 0 aromatic heterocycles. The number of aliphatic carboxylic acids is 1. The Bertz CT molecular complexity index is 190. The average Bonchev–Trinajstić information content (AvgIpc) is 2.14.